The number of methoxy groups -OCH3 is 1. The zero-order chi connectivity index (χ0) is 22.2. The molecule has 0 spiro atoms. The molecule has 0 radical (unpaired) electrons. The van der Waals surface area contributed by atoms with Gasteiger partial charge in [0.15, 0.2) is 5.96 Å². The lowest BCUT2D eigenvalue weighted by atomic mass is 9.99. The van der Waals surface area contributed by atoms with Crippen molar-refractivity contribution in [1.82, 2.24) is 15.5 Å². The predicted molar refractivity (Wildman–Crippen MR) is 141 cm³/mol. The van der Waals surface area contributed by atoms with Gasteiger partial charge in [-0.1, -0.05) is 42.0 Å². The lowest BCUT2D eigenvalue weighted by Crippen LogP contribution is -2.40. The van der Waals surface area contributed by atoms with Gasteiger partial charge in [0.05, 0.1) is 13.2 Å². The van der Waals surface area contributed by atoms with E-state index in [4.69, 9.17) is 4.74 Å². The van der Waals surface area contributed by atoms with E-state index in [9.17, 15) is 4.79 Å². The van der Waals surface area contributed by atoms with Crippen LogP contribution in [0.4, 0.5) is 0 Å². The molecule has 1 aliphatic heterocycles. The Balaban J connectivity index is 0.00000363. The average molecular weight is 550 g/mol. The Morgan fingerprint density at radius 2 is 1.97 bits per heavy atom. The third-order valence-electron chi connectivity index (χ3n) is 5.77. The summed E-state index contributed by atoms with van der Waals surface area (Å²) in [5.41, 5.74) is 4.91. The monoisotopic (exact) mass is 550 g/mol. The fourth-order valence-electron chi connectivity index (χ4n) is 3.98. The van der Waals surface area contributed by atoms with Gasteiger partial charge < -0.3 is 20.3 Å². The number of hydrogen-bond donors (Lipinski definition) is 2. The van der Waals surface area contributed by atoms with E-state index in [1.54, 1.807) is 14.2 Å². The number of carbonyl (C=O) groups excluding carboxylic acids is 1. The Morgan fingerprint density at radius 1 is 1.22 bits per heavy atom. The fourth-order valence-corrected chi connectivity index (χ4v) is 3.98. The molecule has 2 N–H and O–H groups in total. The molecule has 1 heterocycles. The molecular weight excluding hydrogens is 515 g/mol. The van der Waals surface area contributed by atoms with Crippen molar-refractivity contribution in [2.75, 3.05) is 27.2 Å². The molecule has 7 heteroatoms. The Hall–Kier alpha value is -2.29. The van der Waals surface area contributed by atoms with Gasteiger partial charge in [-0.15, -0.1) is 24.0 Å². The largest absolute Gasteiger partial charge is 0.496 e. The van der Waals surface area contributed by atoms with E-state index < -0.39 is 0 Å². The highest BCUT2D eigenvalue weighted by molar-refractivity contribution is 14.0. The average Bonchev–Trinajstić information content (AvgIpc) is 2.80. The topological polar surface area (TPSA) is 66.0 Å². The molecule has 0 aliphatic carbocycles. The van der Waals surface area contributed by atoms with Crippen LogP contribution in [0.5, 0.6) is 5.75 Å². The van der Waals surface area contributed by atoms with Crippen LogP contribution >= 0.6 is 24.0 Å². The maximum atomic E-state index is 12.6. The molecule has 32 heavy (non-hydrogen) atoms. The highest BCUT2D eigenvalue weighted by atomic mass is 127. The Kier molecular flexibility index (Phi) is 10.3. The number of ether oxygens (including phenoxy) is 1. The molecule has 2 aromatic rings. The second-order valence-electron chi connectivity index (χ2n) is 8.05. The van der Waals surface area contributed by atoms with Crippen LogP contribution in [0.15, 0.2) is 47.5 Å². The molecule has 0 saturated heterocycles. The SMILES string of the molecule is CN=C(NCCCC(=O)N1CCc2ccccc2C1)NC(C)c1cc(C)ccc1OC.I. The van der Waals surface area contributed by atoms with Crippen molar-refractivity contribution < 1.29 is 9.53 Å². The first-order valence-corrected chi connectivity index (χ1v) is 11.0. The lowest BCUT2D eigenvalue weighted by Gasteiger charge is -2.29. The zero-order valence-electron chi connectivity index (χ0n) is 19.5. The van der Waals surface area contributed by atoms with Gasteiger partial charge in [0, 0.05) is 38.7 Å². The molecule has 1 unspecified atom stereocenters. The number of amides is 1. The van der Waals surface area contributed by atoms with E-state index in [0.29, 0.717) is 13.0 Å². The van der Waals surface area contributed by atoms with Crippen molar-refractivity contribution in [1.29, 1.82) is 0 Å². The normalized spacial score (nSPS) is 14.1. The van der Waals surface area contributed by atoms with Crippen LogP contribution in [-0.2, 0) is 17.8 Å². The number of nitrogens with zero attached hydrogens (tertiary/aromatic N) is 2. The van der Waals surface area contributed by atoms with Crippen molar-refractivity contribution in [3.05, 3.63) is 64.7 Å². The van der Waals surface area contributed by atoms with Gasteiger partial charge in [0.2, 0.25) is 5.91 Å². The van der Waals surface area contributed by atoms with Gasteiger partial charge >= 0.3 is 0 Å². The molecule has 3 rings (SSSR count). The molecule has 0 aromatic heterocycles. The fraction of sp³-hybridized carbons (Fsp3) is 0.440. The van der Waals surface area contributed by atoms with Gasteiger partial charge in [-0.3, -0.25) is 9.79 Å². The summed E-state index contributed by atoms with van der Waals surface area (Å²) in [6.07, 6.45) is 2.24. The van der Waals surface area contributed by atoms with Crippen LogP contribution in [0.25, 0.3) is 0 Å². The van der Waals surface area contributed by atoms with Gasteiger partial charge in [0.25, 0.3) is 0 Å². The third kappa shape index (κ3) is 6.85. The summed E-state index contributed by atoms with van der Waals surface area (Å²) >= 11 is 0. The Morgan fingerprint density at radius 3 is 2.69 bits per heavy atom. The number of guanidine groups is 1. The molecule has 0 fully saturated rings. The molecular formula is C25H35IN4O2. The highest BCUT2D eigenvalue weighted by Gasteiger charge is 2.20. The quantitative estimate of drug-likeness (QED) is 0.235. The Labute approximate surface area is 208 Å². The summed E-state index contributed by atoms with van der Waals surface area (Å²) < 4.78 is 5.50. The summed E-state index contributed by atoms with van der Waals surface area (Å²) in [7, 11) is 3.44. The van der Waals surface area contributed by atoms with Crippen molar-refractivity contribution in [2.24, 2.45) is 4.99 Å². The highest BCUT2D eigenvalue weighted by Crippen LogP contribution is 2.26. The van der Waals surface area contributed by atoms with Crippen LogP contribution in [0.2, 0.25) is 0 Å². The number of aryl methyl sites for hydroxylation is 1. The first kappa shape index (κ1) is 26.0. The molecule has 1 aliphatic rings. The molecule has 6 nitrogen and oxygen atoms in total. The van der Waals surface area contributed by atoms with Crippen molar-refractivity contribution in [2.45, 2.75) is 45.7 Å². The van der Waals surface area contributed by atoms with Crippen LogP contribution in [0.3, 0.4) is 0 Å². The van der Waals surface area contributed by atoms with Crippen LogP contribution < -0.4 is 15.4 Å². The number of hydrogen-bond acceptors (Lipinski definition) is 3. The van der Waals surface area contributed by atoms with Crippen LogP contribution in [-0.4, -0.2) is 44.0 Å². The van der Waals surface area contributed by atoms with Gasteiger partial charge in [0.1, 0.15) is 5.75 Å². The number of rotatable bonds is 7. The number of aliphatic imine (C=N–C) groups is 1. The standard InChI is InChI=1S/C25H34N4O2.HI/c1-18-11-12-23(31-4)22(16-18)19(2)28-25(26-3)27-14-7-10-24(30)29-15-13-20-8-5-6-9-21(20)17-29;/h5-6,8-9,11-12,16,19H,7,10,13-15,17H2,1-4H3,(H2,26,27,28);1H. The smallest absolute Gasteiger partial charge is 0.222 e. The van der Waals surface area contributed by atoms with E-state index in [1.807, 2.05) is 23.1 Å². The Bertz CT molecular complexity index is 932. The minimum absolute atomic E-state index is 0. The summed E-state index contributed by atoms with van der Waals surface area (Å²) in [5, 5.41) is 6.73. The number of nitrogens with one attached hydrogen (secondary N) is 2. The number of fused-ring (bicyclic) bond motifs is 1. The van der Waals surface area contributed by atoms with E-state index in [-0.39, 0.29) is 35.9 Å². The lowest BCUT2D eigenvalue weighted by molar-refractivity contribution is -0.132. The molecule has 0 saturated carbocycles. The van der Waals surface area contributed by atoms with Crippen molar-refractivity contribution in [3.63, 3.8) is 0 Å². The van der Waals surface area contributed by atoms with Crippen molar-refractivity contribution >= 4 is 35.8 Å². The number of halogens is 1. The van der Waals surface area contributed by atoms with E-state index >= 15 is 0 Å². The van der Waals surface area contributed by atoms with E-state index in [1.165, 1.54) is 16.7 Å². The number of carbonyl (C=O) groups is 1. The van der Waals surface area contributed by atoms with Gasteiger partial charge in [-0.25, -0.2) is 0 Å². The maximum Gasteiger partial charge on any atom is 0.222 e. The maximum absolute atomic E-state index is 12.6. The second kappa shape index (κ2) is 12.7. The predicted octanol–water partition coefficient (Wildman–Crippen LogP) is 4.21. The summed E-state index contributed by atoms with van der Waals surface area (Å²) in [6, 6.07) is 14.6. The summed E-state index contributed by atoms with van der Waals surface area (Å²) in [5.74, 6) is 1.79. The van der Waals surface area contributed by atoms with Gasteiger partial charge in [-0.2, -0.15) is 0 Å². The van der Waals surface area contributed by atoms with E-state index in [0.717, 1.165) is 43.2 Å². The first-order valence-electron chi connectivity index (χ1n) is 11.0. The minimum Gasteiger partial charge on any atom is -0.496 e. The van der Waals surface area contributed by atoms with Crippen molar-refractivity contribution in [3.8, 4) is 5.75 Å². The molecule has 2 aromatic carbocycles. The van der Waals surface area contributed by atoms with Crippen LogP contribution in [0.1, 0.15) is 48.1 Å². The molecule has 1 amide bonds. The third-order valence-corrected chi connectivity index (χ3v) is 5.77. The minimum atomic E-state index is 0. The second-order valence-corrected chi connectivity index (χ2v) is 8.05. The summed E-state index contributed by atoms with van der Waals surface area (Å²) in [6.45, 7) is 6.37. The first-order chi connectivity index (χ1) is 15.0. The number of benzene rings is 2. The molecule has 174 valence electrons. The molecule has 0 bridgehead atoms. The van der Waals surface area contributed by atoms with E-state index in [2.05, 4.69) is 53.7 Å². The summed E-state index contributed by atoms with van der Waals surface area (Å²) in [4.78, 5) is 18.9. The zero-order valence-corrected chi connectivity index (χ0v) is 21.8. The molecule has 1 atom stereocenters. The van der Waals surface area contributed by atoms with Crippen LogP contribution in [0, 0.1) is 6.92 Å². The van der Waals surface area contributed by atoms with Gasteiger partial charge in [-0.05, 0) is 43.9 Å².